The summed E-state index contributed by atoms with van der Waals surface area (Å²) in [6, 6.07) is 20.1. The Balaban J connectivity index is 1.83. The molecule has 23 heavy (non-hydrogen) atoms. The second-order valence-electron chi connectivity index (χ2n) is 5.55. The van der Waals surface area contributed by atoms with Crippen LogP contribution in [0.2, 0.25) is 0 Å². The van der Waals surface area contributed by atoms with E-state index in [1.165, 1.54) is 5.56 Å². The predicted molar refractivity (Wildman–Crippen MR) is 94.2 cm³/mol. The molecule has 0 aliphatic rings. The van der Waals surface area contributed by atoms with Crippen LogP contribution in [0.3, 0.4) is 0 Å². The number of aromatic nitrogens is 2. The van der Waals surface area contributed by atoms with Gasteiger partial charge in [0.05, 0.1) is 5.69 Å². The zero-order chi connectivity index (χ0) is 16.1. The molecule has 3 rings (SSSR count). The number of H-pyrrole nitrogens is 1. The van der Waals surface area contributed by atoms with Crippen molar-refractivity contribution in [1.82, 2.24) is 10.2 Å². The average Bonchev–Trinajstić information content (AvgIpc) is 2.58. The molecule has 1 N–H and O–H groups in total. The smallest absolute Gasteiger partial charge is 0.267 e. The monoisotopic (exact) mass is 302 g/mol. The first kappa shape index (κ1) is 15.0. The first-order valence-electron chi connectivity index (χ1n) is 7.58. The van der Waals surface area contributed by atoms with Crippen LogP contribution in [0.15, 0.2) is 65.5 Å². The standard InChI is InChI=1S/C20H18N2O/c1-15-7-9-17(10-8-15)13-18-14-19(21-22-20(18)23)12-11-16-5-3-2-4-6-16/h2-12,14H,13H2,1H3,(H,22,23)/b12-11+. The van der Waals surface area contributed by atoms with Gasteiger partial charge in [-0.2, -0.15) is 5.10 Å². The third-order valence-electron chi connectivity index (χ3n) is 3.66. The maximum Gasteiger partial charge on any atom is 0.267 e. The van der Waals surface area contributed by atoms with Gasteiger partial charge < -0.3 is 0 Å². The van der Waals surface area contributed by atoms with Crippen LogP contribution in [-0.4, -0.2) is 10.2 Å². The van der Waals surface area contributed by atoms with Crippen LogP contribution in [0.5, 0.6) is 0 Å². The molecule has 3 heteroatoms. The van der Waals surface area contributed by atoms with E-state index in [9.17, 15) is 4.79 Å². The molecule has 0 radical (unpaired) electrons. The van der Waals surface area contributed by atoms with E-state index < -0.39 is 0 Å². The van der Waals surface area contributed by atoms with Gasteiger partial charge in [0.1, 0.15) is 0 Å². The first-order chi connectivity index (χ1) is 11.2. The lowest BCUT2D eigenvalue weighted by Crippen LogP contribution is -2.15. The van der Waals surface area contributed by atoms with Crippen LogP contribution in [0, 0.1) is 6.92 Å². The van der Waals surface area contributed by atoms with Gasteiger partial charge in [-0.05, 0) is 30.2 Å². The van der Waals surface area contributed by atoms with Crippen LogP contribution < -0.4 is 5.56 Å². The minimum atomic E-state index is -0.137. The lowest BCUT2D eigenvalue weighted by molar-refractivity contribution is 0.939. The first-order valence-corrected chi connectivity index (χ1v) is 7.58. The summed E-state index contributed by atoms with van der Waals surface area (Å²) in [6.07, 6.45) is 4.49. The van der Waals surface area contributed by atoms with Crippen molar-refractivity contribution in [3.05, 3.63) is 99.0 Å². The second-order valence-corrected chi connectivity index (χ2v) is 5.55. The molecule has 3 aromatic rings. The van der Waals surface area contributed by atoms with Crippen LogP contribution in [-0.2, 0) is 6.42 Å². The molecule has 0 amide bonds. The van der Waals surface area contributed by atoms with E-state index in [2.05, 4.69) is 41.4 Å². The van der Waals surface area contributed by atoms with Crippen molar-refractivity contribution in [2.45, 2.75) is 13.3 Å². The second kappa shape index (κ2) is 6.88. The van der Waals surface area contributed by atoms with E-state index in [1.807, 2.05) is 48.6 Å². The van der Waals surface area contributed by atoms with E-state index >= 15 is 0 Å². The lowest BCUT2D eigenvalue weighted by Gasteiger charge is -2.03. The Morgan fingerprint density at radius 2 is 1.74 bits per heavy atom. The third kappa shape index (κ3) is 4.04. The van der Waals surface area contributed by atoms with Crippen molar-refractivity contribution in [2.24, 2.45) is 0 Å². The fraction of sp³-hybridized carbons (Fsp3) is 0.100. The molecule has 0 atom stereocenters. The molecule has 2 aromatic carbocycles. The predicted octanol–water partition coefficient (Wildman–Crippen LogP) is 3.84. The summed E-state index contributed by atoms with van der Waals surface area (Å²) in [5.41, 5.74) is 4.75. The Morgan fingerprint density at radius 1 is 1.00 bits per heavy atom. The van der Waals surface area contributed by atoms with Gasteiger partial charge in [0.25, 0.3) is 5.56 Å². The molecule has 0 saturated carbocycles. The molecule has 0 spiro atoms. The summed E-state index contributed by atoms with van der Waals surface area (Å²) in [6.45, 7) is 2.05. The van der Waals surface area contributed by atoms with Gasteiger partial charge in [0.15, 0.2) is 0 Å². The van der Waals surface area contributed by atoms with Gasteiger partial charge in [-0.1, -0.05) is 66.2 Å². The van der Waals surface area contributed by atoms with Crippen molar-refractivity contribution in [3.8, 4) is 0 Å². The highest BCUT2D eigenvalue weighted by atomic mass is 16.1. The van der Waals surface area contributed by atoms with E-state index in [1.54, 1.807) is 0 Å². The minimum absolute atomic E-state index is 0.137. The molecule has 1 aromatic heterocycles. The lowest BCUT2D eigenvalue weighted by atomic mass is 10.0. The highest BCUT2D eigenvalue weighted by Gasteiger charge is 2.03. The van der Waals surface area contributed by atoms with E-state index in [4.69, 9.17) is 0 Å². The molecule has 0 aliphatic carbocycles. The summed E-state index contributed by atoms with van der Waals surface area (Å²) in [4.78, 5) is 12.0. The molecule has 0 saturated heterocycles. The van der Waals surface area contributed by atoms with Crippen LogP contribution in [0.25, 0.3) is 12.2 Å². The quantitative estimate of drug-likeness (QED) is 0.796. The van der Waals surface area contributed by atoms with E-state index in [0.717, 1.165) is 22.4 Å². The number of rotatable bonds is 4. The molecule has 114 valence electrons. The van der Waals surface area contributed by atoms with Crippen LogP contribution >= 0.6 is 0 Å². The number of aromatic amines is 1. The number of benzene rings is 2. The number of hydrogen-bond donors (Lipinski definition) is 1. The molecular formula is C20H18N2O. The Kier molecular flexibility index (Phi) is 4.48. The summed E-state index contributed by atoms with van der Waals surface area (Å²) >= 11 is 0. The molecule has 1 heterocycles. The van der Waals surface area contributed by atoms with Gasteiger partial charge >= 0.3 is 0 Å². The Hall–Kier alpha value is -2.94. The molecule has 0 aliphatic heterocycles. The van der Waals surface area contributed by atoms with Gasteiger partial charge in [-0.3, -0.25) is 4.79 Å². The summed E-state index contributed by atoms with van der Waals surface area (Å²) < 4.78 is 0. The fourth-order valence-electron chi connectivity index (χ4n) is 2.35. The maximum absolute atomic E-state index is 12.0. The third-order valence-corrected chi connectivity index (χ3v) is 3.66. The Morgan fingerprint density at radius 3 is 2.48 bits per heavy atom. The van der Waals surface area contributed by atoms with Gasteiger partial charge in [0.2, 0.25) is 0 Å². The Labute approximate surface area is 135 Å². The van der Waals surface area contributed by atoms with Crippen molar-refractivity contribution >= 4 is 12.2 Å². The number of nitrogens with zero attached hydrogens (tertiary/aromatic N) is 1. The van der Waals surface area contributed by atoms with Crippen LogP contribution in [0.4, 0.5) is 0 Å². The summed E-state index contributed by atoms with van der Waals surface area (Å²) in [7, 11) is 0. The normalized spacial score (nSPS) is 11.0. The molecule has 0 unspecified atom stereocenters. The SMILES string of the molecule is Cc1ccc(Cc2cc(/C=C/c3ccccc3)n[nH]c2=O)cc1. The number of nitrogens with one attached hydrogen (secondary N) is 1. The van der Waals surface area contributed by atoms with Crippen molar-refractivity contribution < 1.29 is 0 Å². The number of aryl methyl sites for hydroxylation is 1. The van der Waals surface area contributed by atoms with Crippen molar-refractivity contribution in [3.63, 3.8) is 0 Å². The van der Waals surface area contributed by atoms with E-state index in [-0.39, 0.29) is 5.56 Å². The van der Waals surface area contributed by atoms with Crippen LogP contribution in [0.1, 0.15) is 27.9 Å². The molecule has 3 nitrogen and oxygen atoms in total. The largest absolute Gasteiger partial charge is 0.268 e. The highest BCUT2D eigenvalue weighted by Crippen LogP contribution is 2.10. The van der Waals surface area contributed by atoms with Gasteiger partial charge in [0, 0.05) is 12.0 Å². The summed E-state index contributed by atoms with van der Waals surface area (Å²) in [5.74, 6) is 0. The molecular weight excluding hydrogens is 284 g/mol. The zero-order valence-electron chi connectivity index (χ0n) is 13.0. The summed E-state index contributed by atoms with van der Waals surface area (Å²) in [5, 5.41) is 6.67. The molecule has 0 bridgehead atoms. The van der Waals surface area contributed by atoms with Gasteiger partial charge in [-0.15, -0.1) is 0 Å². The fourth-order valence-corrected chi connectivity index (χ4v) is 2.35. The van der Waals surface area contributed by atoms with E-state index in [0.29, 0.717) is 6.42 Å². The van der Waals surface area contributed by atoms with Crippen molar-refractivity contribution in [1.29, 1.82) is 0 Å². The topological polar surface area (TPSA) is 45.8 Å². The Bertz CT molecular complexity index is 862. The minimum Gasteiger partial charge on any atom is -0.268 e. The van der Waals surface area contributed by atoms with Gasteiger partial charge in [-0.25, -0.2) is 5.10 Å². The average molecular weight is 302 g/mol. The van der Waals surface area contributed by atoms with Crippen molar-refractivity contribution in [2.75, 3.05) is 0 Å². The zero-order valence-corrected chi connectivity index (χ0v) is 13.0. The number of hydrogen-bond acceptors (Lipinski definition) is 2. The highest BCUT2D eigenvalue weighted by molar-refractivity contribution is 5.67. The maximum atomic E-state index is 12.0. The molecule has 0 fully saturated rings.